The number of hydrogen-bond donors (Lipinski definition) is 4. The van der Waals surface area contributed by atoms with Gasteiger partial charge < -0.3 is 22.1 Å². The summed E-state index contributed by atoms with van der Waals surface area (Å²) in [4.78, 5) is 25.7. The van der Waals surface area contributed by atoms with Gasteiger partial charge in [0, 0.05) is 41.8 Å². The number of nitrogens with one attached hydrogen (secondary N) is 2. The van der Waals surface area contributed by atoms with Gasteiger partial charge in [0.25, 0.3) is 5.91 Å². The molecule has 0 fully saturated rings. The minimum Gasteiger partial charge on any atom is -0.404 e. The first-order valence-electron chi connectivity index (χ1n) is 10.9. The Balaban J connectivity index is 2.02. The molecule has 0 saturated heterocycles. The number of amides is 1. The van der Waals surface area contributed by atoms with Crippen LogP contribution in [0.4, 0.5) is 5.82 Å². The summed E-state index contributed by atoms with van der Waals surface area (Å²) >= 11 is 5.99. The molecule has 9 heteroatoms. The maximum atomic E-state index is 12.2. The monoisotopic (exact) mass is 489 g/mol. The van der Waals surface area contributed by atoms with Gasteiger partial charge in [0.1, 0.15) is 11.7 Å². The molecule has 1 atom stereocenters. The van der Waals surface area contributed by atoms with E-state index in [1.54, 1.807) is 24.4 Å². The van der Waals surface area contributed by atoms with Crippen molar-refractivity contribution in [2.24, 2.45) is 16.5 Å². The summed E-state index contributed by atoms with van der Waals surface area (Å²) in [6.07, 6.45) is 4.55. The van der Waals surface area contributed by atoms with Crippen LogP contribution in [0, 0.1) is 6.92 Å². The second-order valence-corrected chi connectivity index (χ2v) is 8.15. The molecular weight excluding hydrogens is 462 g/mol. The topological polar surface area (TPSA) is 131 Å². The number of aryl methyl sites for hydroxylation is 1. The van der Waals surface area contributed by atoms with Gasteiger partial charge in [-0.2, -0.15) is 0 Å². The zero-order chi connectivity index (χ0) is 25.4. The summed E-state index contributed by atoms with van der Waals surface area (Å²) in [7, 11) is 1.53. The van der Waals surface area contributed by atoms with E-state index < -0.39 is 0 Å². The number of aliphatic imine (C=N–C) groups is 1. The Morgan fingerprint density at radius 1 is 1.17 bits per heavy atom. The fourth-order valence-electron chi connectivity index (χ4n) is 3.32. The van der Waals surface area contributed by atoms with Crippen molar-refractivity contribution in [2.75, 3.05) is 12.4 Å². The Labute approximate surface area is 209 Å². The number of pyridine rings is 2. The summed E-state index contributed by atoms with van der Waals surface area (Å²) in [5.74, 6) is 0.602. The van der Waals surface area contributed by atoms with Gasteiger partial charge in [-0.1, -0.05) is 29.8 Å². The van der Waals surface area contributed by atoms with Crippen LogP contribution in [0.1, 0.15) is 35.5 Å². The van der Waals surface area contributed by atoms with E-state index in [1.807, 2.05) is 56.3 Å². The minimum absolute atomic E-state index is 0.185. The van der Waals surface area contributed by atoms with Gasteiger partial charge in [0.2, 0.25) is 0 Å². The molecule has 0 aliphatic carbocycles. The number of aromatic nitrogens is 2. The van der Waals surface area contributed by atoms with E-state index in [9.17, 15) is 4.79 Å². The molecule has 1 unspecified atom stereocenters. The van der Waals surface area contributed by atoms with Crippen LogP contribution >= 0.6 is 11.6 Å². The summed E-state index contributed by atoms with van der Waals surface area (Å²) in [6.45, 7) is 3.86. The molecule has 3 aromatic rings. The van der Waals surface area contributed by atoms with Crippen molar-refractivity contribution < 1.29 is 4.79 Å². The second kappa shape index (κ2) is 11.8. The molecule has 35 heavy (non-hydrogen) atoms. The summed E-state index contributed by atoms with van der Waals surface area (Å²) < 4.78 is 0. The number of nitrogens with zero attached hydrogens (tertiary/aromatic N) is 3. The lowest BCUT2D eigenvalue weighted by Crippen LogP contribution is -2.20. The van der Waals surface area contributed by atoms with Gasteiger partial charge in [-0.05, 0) is 55.8 Å². The molecule has 0 aliphatic heterocycles. The normalized spacial score (nSPS) is 13.3. The Bertz CT molecular complexity index is 1280. The highest BCUT2D eigenvalue weighted by molar-refractivity contribution is 6.30. The van der Waals surface area contributed by atoms with Crippen molar-refractivity contribution in [1.29, 1.82) is 0 Å². The Morgan fingerprint density at radius 2 is 1.91 bits per heavy atom. The molecule has 180 valence electrons. The van der Waals surface area contributed by atoms with Gasteiger partial charge >= 0.3 is 0 Å². The first kappa shape index (κ1) is 25.5. The Morgan fingerprint density at radius 3 is 2.57 bits per heavy atom. The fraction of sp³-hybridized carbons (Fsp3) is 0.154. The average Bonchev–Trinajstić information content (AvgIpc) is 2.84. The van der Waals surface area contributed by atoms with E-state index in [0.717, 1.165) is 16.8 Å². The van der Waals surface area contributed by atoms with E-state index in [0.29, 0.717) is 28.1 Å². The number of likely N-dealkylation sites (N-methyl/N-ethyl adjacent to an activating group) is 1. The van der Waals surface area contributed by atoms with E-state index in [-0.39, 0.29) is 17.5 Å². The number of carbonyl (C=O) groups excluding carboxylic acids is 1. The lowest BCUT2D eigenvalue weighted by molar-refractivity contribution is -0.115. The third-order valence-electron chi connectivity index (χ3n) is 5.12. The number of amidine groups is 1. The van der Waals surface area contributed by atoms with Crippen molar-refractivity contribution in [3.8, 4) is 0 Å². The summed E-state index contributed by atoms with van der Waals surface area (Å²) in [6, 6.07) is 16.5. The number of nitrogens with two attached hydrogens (primary N) is 2. The van der Waals surface area contributed by atoms with Crippen LogP contribution in [0.5, 0.6) is 0 Å². The van der Waals surface area contributed by atoms with Gasteiger partial charge in [-0.3, -0.25) is 14.8 Å². The molecule has 0 aliphatic rings. The number of rotatable bonds is 8. The smallest absolute Gasteiger partial charge is 0.254 e. The first-order valence-corrected chi connectivity index (χ1v) is 11.3. The van der Waals surface area contributed by atoms with Gasteiger partial charge in [-0.15, -0.1) is 0 Å². The Hall–Kier alpha value is -4.17. The van der Waals surface area contributed by atoms with Crippen molar-refractivity contribution >= 4 is 40.4 Å². The zero-order valence-corrected chi connectivity index (χ0v) is 20.5. The third-order valence-corrected chi connectivity index (χ3v) is 5.38. The number of hydrogen-bond acceptors (Lipinski definition) is 6. The molecule has 0 bridgehead atoms. The molecular formula is C26H28ClN7O. The molecule has 6 N–H and O–H groups in total. The van der Waals surface area contributed by atoms with Gasteiger partial charge in [-0.25, -0.2) is 4.98 Å². The largest absolute Gasteiger partial charge is 0.404 e. The molecule has 0 radical (unpaired) electrons. The molecule has 1 aromatic carbocycles. The summed E-state index contributed by atoms with van der Waals surface area (Å²) in [5.41, 5.74) is 15.9. The van der Waals surface area contributed by atoms with Crippen LogP contribution in [0.15, 0.2) is 78.1 Å². The zero-order valence-electron chi connectivity index (χ0n) is 19.8. The maximum Gasteiger partial charge on any atom is 0.254 e. The number of carbonyl (C=O) groups is 1. The molecule has 2 aromatic heterocycles. The molecule has 2 heterocycles. The SMILES string of the molecule is CNC(=O)C(=CN)c1cc(/C(=C/C(N)=NC(C)c2ccc(Cl)cc2)Nc2cccc(C)n2)ccn1. The minimum atomic E-state index is -0.339. The van der Waals surface area contributed by atoms with Crippen molar-refractivity contribution in [1.82, 2.24) is 15.3 Å². The molecule has 1 amide bonds. The third kappa shape index (κ3) is 6.91. The first-order chi connectivity index (χ1) is 16.8. The Kier molecular flexibility index (Phi) is 8.58. The molecule has 0 saturated carbocycles. The average molecular weight is 490 g/mol. The van der Waals surface area contributed by atoms with Crippen LogP contribution in [0.3, 0.4) is 0 Å². The van der Waals surface area contributed by atoms with E-state index in [1.165, 1.54) is 13.2 Å². The van der Waals surface area contributed by atoms with Crippen molar-refractivity contribution in [3.63, 3.8) is 0 Å². The second-order valence-electron chi connectivity index (χ2n) is 7.72. The van der Waals surface area contributed by atoms with Crippen molar-refractivity contribution in [2.45, 2.75) is 19.9 Å². The highest BCUT2D eigenvalue weighted by atomic mass is 35.5. The van der Waals surface area contributed by atoms with E-state index >= 15 is 0 Å². The lowest BCUT2D eigenvalue weighted by atomic mass is 10.1. The predicted octanol–water partition coefficient (Wildman–Crippen LogP) is 4.06. The molecule has 3 rings (SSSR count). The van der Waals surface area contributed by atoms with Crippen LogP contribution < -0.4 is 22.1 Å². The fourth-order valence-corrected chi connectivity index (χ4v) is 3.45. The number of benzene rings is 1. The highest BCUT2D eigenvalue weighted by Gasteiger charge is 2.14. The predicted molar refractivity (Wildman–Crippen MR) is 143 cm³/mol. The highest BCUT2D eigenvalue weighted by Crippen LogP contribution is 2.22. The van der Waals surface area contributed by atoms with Crippen LogP contribution in [-0.4, -0.2) is 28.8 Å². The maximum absolute atomic E-state index is 12.2. The van der Waals surface area contributed by atoms with Crippen LogP contribution in [0.2, 0.25) is 5.02 Å². The number of halogens is 1. The summed E-state index contributed by atoms with van der Waals surface area (Å²) in [5, 5.41) is 6.53. The standard InChI is InChI=1S/C26H28ClN7O/c1-16-5-4-6-25(32-16)34-22(14-24(29)33-17(2)18-7-9-20(27)10-8-18)19-11-12-31-23(13-19)21(15-28)26(35)30-3/h4-15,17H,28H2,1-3H3,(H2,29,33)(H,30,35)(H,32,34)/b21-15?,22-14-. The van der Waals surface area contributed by atoms with E-state index in [4.69, 9.17) is 23.1 Å². The van der Waals surface area contributed by atoms with Crippen LogP contribution in [0.25, 0.3) is 11.3 Å². The molecule has 8 nitrogen and oxygen atoms in total. The van der Waals surface area contributed by atoms with Gasteiger partial charge in [0.05, 0.1) is 23.0 Å². The lowest BCUT2D eigenvalue weighted by Gasteiger charge is -2.14. The number of anilines is 1. The molecule has 0 spiro atoms. The van der Waals surface area contributed by atoms with Crippen molar-refractivity contribution in [3.05, 3.63) is 101 Å². The van der Waals surface area contributed by atoms with Gasteiger partial charge in [0.15, 0.2) is 0 Å². The van der Waals surface area contributed by atoms with Crippen LogP contribution in [-0.2, 0) is 4.79 Å². The van der Waals surface area contributed by atoms with E-state index in [2.05, 4.69) is 25.6 Å². The quantitative estimate of drug-likeness (QED) is 0.214.